The molecule has 1 aromatic heterocycles. The summed E-state index contributed by atoms with van der Waals surface area (Å²) in [5.41, 5.74) is 1.91. The molecule has 0 atom stereocenters. The molecule has 0 bridgehead atoms. The van der Waals surface area contributed by atoms with Gasteiger partial charge in [-0.15, -0.1) is 0 Å². The third-order valence-electron chi connectivity index (χ3n) is 4.02. The zero-order valence-electron chi connectivity index (χ0n) is 15.0. The molecule has 28 heavy (non-hydrogen) atoms. The summed E-state index contributed by atoms with van der Waals surface area (Å²) < 4.78 is 38.5. The Morgan fingerprint density at radius 1 is 1.04 bits per heavy atom. The third kappa shape index (κ3) is 5.09. The maximum Gasteiger partial charge on any atom is 0.416 e. The van der Waals surface area contributed by atoms with Gasteiger partial charge in [0.2, 0.25) is 0 Å². The normalized spacial score (nSPS) is 11.1. The number of amides is 1. The number of hydrogen-bond acceptors (Lipinski definition) is 3. The quantitative estimate of drug-likeness (QED) is 0.644. The highest BCUT2D eigenvalue weighted by Gasteiger charge is 2.30. The van der Waals surface area contributed by atoms with Gasteiger partial charge in [-0.3, -0.25) is 4.79 Å². The Morgan fingerprint density at radius 2 is 1.82 bits per heavy atom. The number of anilines is 2. The predicted octanol–water partition coefficient (Wildman–Crippen LogP) is 5.08. The van der Waals surface area contributed by atoms with Crippen molar-refractivity contribution in [1.29, 1.82) is 0 Å². The molecule has 3 aromatic rings. The zero-order valence-corrected chi connectivity index (χ0v) is 15.0. The SMILES string of the molecule is Cc1cccc(CNC(=O)c2ccnc(Nc3cccc(C(F)(F)F)c3)c2)c1. The van der Waals surface area contributed by atoms with E-state index >= 15 is 0 Å². The van der Waals surface area contributed by atoms with Gasteiger partial charge in [0.15, 0.2) is 0 Å². The lowest BCUT2D eigenvalue weighted by atomic mass is 10.1. The minimum atomic E-state index is -4.43. The molecule has 2 aromatic carbocycles. The first kappa shape index (κ1) is 19.4. The molecule has 0 aliphatic heterocycles. The standard InChI is InChI=1S/C21H18F3N3O/c1-14-4-2-5-15(10-14)13-26-20(28)16-8-9-25-19(11-16)27-18-7-3-6-17(12-18)21(22,23)24/h2-12H,13H2,1H3,(H,25,27)(H,26,28). The second-order valence-electron chi connectivity index (χ2n) is 6.31. The average molecular weight is 385 g/mol. The Bertz CT molecular complexity index is 986. The van der Waals surface area contributed by atoms with Crippen LogP contribution in [0.1, 0.15) is 27.0 Å². The molecule has 0 spiro atoms. The molecule has 0 aliphatic carbocycles. The van der Waals surface area contributed by atoms with Gasteiger partial charge in [-0.25, -0.2) is 4.98 Å². The summed E-state index contributed by atoms with van der Waals surface area (Å²) >= 11 is 0. The number of nitrogens with one attached hydrogen (secondary N) is 2. The Morgan fingerprint density at radius 3 is 2.57 bits per heavy atom. The van der Waals surface area contributed by atoms with Crippen LogP contribution >= 0.6 is 0 Å². The Labute approximate surface area is 160 Å². The average Bonchev–Trinajstić information content (AvgIpc) is 2.66. The van der Waals surface area contributed by atoms with Crippen molar-refractivity contribution in [3.05, 3.63) is 89.1 Å². The highest BCUT2D eigenvalue weighted by molar-refractivity contribution is 5.94. The minimum Gasteiger partial charge on any atom is -0.348 e. The first-order chi connectivity index (χ1) is 13.3. The number of carbonyl (C=O) groups is 1. The molecule has 0 saturated heterocycles. The van der Waals surface area contributed by atoms with Gasteiger partial charge in [-0.1, -0.05) is 35.9 Å². The van der Waals surface area contributed by atoms with Gasteiger partial charge in [0, 0.05) is 24.0 Å². The molecule has 1 heterocycles. The number of aromatic nitrogens is 1. The molecule has 2 N–H and O–H groups in total. The number of halogens is 3. The summed E-state index contributed by atoms with van der Waals surface area (Å²) in [6.45, 7) is 2.35. The van der Waals surface area contributed by atoms with E-state index in [2.05, 4.69) is 15.6 Å². The third-order valence-corrected chi connectivity index (χ3v) is 4.02. The largest absolute Gasteiger partial charge is 0.416 e. The van der Waals surface area contributed by atoms with Crippen LogP contribution in [0.3, 0.4) is 0 Å². The number of hydrogen-bond donors (Lipinski definition) is 2. The number of aryl methyl sites for hydroxylation is 1. The number of nitrogens with zero attached hydrogens (tertiary/aromatic N) is 1. The number of benzene rings is 2. The lowest BCUT2D eigenvalue weighted by Crippen LogP contribution is -2.23. The number of alkyl halides is 3. The maximum absolute atomic E-state index is 12.8. The van der Waals surface area contributed by atoms with Crippen LogP contribution in [0.2, 0.25) is 0 Å². The molecule has 0 radical (unpaired) electrons. The molecule has 0 saturated carbocycles. The molecule has 4 nitrogen and oxygen atoms in total. The van der Waals surface area contributed by atoms with Crippen LogP contribution in [-0.2, 0) is 12.7 Å². The molecule has 7 heteroatoms. The van der Waals surface area contributed by atoms with Gasteiger partial charge in [0.25, 0.3) is 5.91 Å². The summed E-state index contributed by atoms with van der Waals surface area (Å²) in [6.07, 6.45) is -3.00. The molecule has 0 unspecified atom stereocenters. The second-order valence-corrected chi connectivity index (χ2v) is 6.31. The fourth-order valence-electron chi connectivity index (χ4n) is 2.67. The van der Waals surface area contributed by atoms with E-state index in [1.165, 1.54) is 24.4 Å². The minimum absolute atomic E-state index is 0.236. The highest BCUT2D eigenvalue weighted by atomic mass is 19.4. The van der Waals surface area contributed by atoms with E-state index in [0.29, 0.717) is 12.1 Å². The molecule has 0 fully saturated rings. The predicted molar refractivity (Wildman–Crippen MR) is 101 cm³/mol. The summed E-state index contributed by atoms with van der Waals surface area (Å²) in [7, 11) is 0. The zero-order chi connectivity index (χ0) is 20.1. The number of pyridine rings is 1. The Balaban J connectivity index is 1.69. The molecule has 144 valence electrons. The van der Waals surface area contributed by atoms with Crippen LogP contribution < -0.4 is 10.6 Å². The highest BCUT2D eigenvalue weighted by Crippen LogP contribution is 2.31. The van der Waals surface area contributed by atoms with E-state index in [1.54, 1.807) is 6.07 Å². The summed E-state index contributed by atoms with van der Waals surface area (Å²) in [5.74, 6) is -0.0153. The fourth-order valence-corrected chi connectivity index (χ4v) is 2.67. The van der Waals surface area contributed by atoms with Crippen molar-refractivity contribution in [3.8, 4) is 0 Å². The second kappa shape index (κ2) is 8.12. The van der Waals surface area contributed by atoms with Gasteiger partial charge < -0.3 is 10.6 Å². The number of carbonyl (C=O) groups excluding carboxylic acids is 1. The summed E-state index contributed by atoms with van der Waals surface area (Å²) in [4.78, 5) is 16.4. The van der Waals surface area contributed by atoms with Crippen molar-refractivity contribution in [3.63, 3.8) is 0 Å². The van der Waals surface area contributed by atoms with Crippen LogP contribution in [0.4, 0.5) is 24.7 Å². The first-order valence-electron chi connectivity index (χ1n) is 8.55. The first-order valence-corrected chi connectivity index (χ1v) is 8.55. The monoisotopic (exact) mass is 385 g/mol. The van der Waals surface area contributed by atoms with Gasteiger partial charge in [0.1, 0.15) is 5.82 Å². The van der Waals surface area contributed by atoms with E-state index in [-0.39, 0.29) is 17.4 Å². The molecule has 0 aliphatic rings. The van der Waals surface area contributed by atoms with Crippen LogP contribution in [0.25, 0.3) is 0 Å². The fraction of sp³-hybridized carbons (Fsp3) is 0.143. The van der Waals surface area contributed by atoms with Crippen molar-refractivity contribution < 1.29 is 18.0 Å². The van der Waals surface area contributed by atoms with Crippen molar-refractivity contribution in [2.75, 3.05) is 5.32 Å². The lowest BCUT2D eigenvalue weighted by Gasteiger charge is -2.11. The van der Waals surface area contributed by atoms with Crippen molar-refractivity contribution >= 4 is 17.4 Å². The molecule has 1 amide bonds. The molecular formula is C21H18F3N3O. The Hall–Kier alpha value is -3.35. The van der Waals surface area contributed by atoms with E-state index < -0.39 is 11.7 Å². The van der Waals surface area contributed by atoms with Gasteiger partial charge in [0.05, 0.1) is 5.56 Å². The van der Waals surface area contributed by atoms with Gasteiger partial charge >= 0.3 is 6.18 Å². The van der Waals surface area contributed by atoms with E-state index in [0.717, 1.165) is 23.3 Å². The molecular weight excluding hydrogens is 367 g/mol. The van der Waals surface area contributed by atoms with Crippen molar-refractivity contribution in [2.45, 2.75) is 19.6 Å². The van der Waals surface area contributed by atoms with Gasteiger partial charge in [-0.05, 0) is 42.8 Å². The summed E-state index contributed by atoms with van der Waals surface area (Å²) in [6, 6.07) is 15.6. The van der Waals surface area contributed by atoms with Crippen molar-refractivity contribution in [2.24, 2.45) is 0 Å². The van der Waals surface area contributed by atoms with Crippen molar-refractivity contribution in [1.82, 2.24) is 10.3 Å². The Kier molecular flexibility index (Phi) is 5.63. The molecule has 3 rings (SSSR count). The van der Waals surface area contributed by atoms with Crippen LogP contribution in [-0.4, -0.2) is 10.9 Å². The topological polar surface area (TPSA) is 54.0 Å². The van der Waals surface area contributed by atoms with E-state index in [9.17, 15) is 18.0 Å². The summed E-state index contributed by atoms with van der Waals surface area (Å²) in [5, 5.41) is 5.62. The van der Waals surface area contributed by atoms with Gasteiger partial charge in [-0.2, -0.15) is 13.2 Å². The van der Waals surface area contributed by atoms with Crippen LogP contribution in [0.5, 0.6) is 0 Å². The maximum atomic E-state index is 12.8. The van der Waals surface area contributed by atoms with E-state index in [4.69, 9.17) is 0 Å². The lowest BCUT2D eigenvalue weighted by molar-refractivity contribution is -0.137. The smallest absolute Gasteiger partial charge is 0.348 e. The van der Waals surface area contributed by atoms with Crippen LogP contribution in [0.15, 0.2) is 66.9 Å². The van der Waals surface area contributed by atoms with Crippen LogP contribution in [0, 0.1) is 6.92 Å². The van der Waals surface area contributed by atoms with E-state index in [1.807, 2.05) is 31.2 Å². The number of rotatable bonds is 5.